The van der Waals surface area contributed by atoms with Crippen LogP contribution in [-0.2, 0) is 4.79 Å². The van der Waals surface area contributed by atoms with Gasteiger partial charge in [-0.1, -0.05) is 36.4 Å². The third-order valence-corrected chi connectivity index (χ3v) is 4.91. The molecule has 2 unspecified atom stereocenters. The number of hydrogen-bond donors (Lipinski definition) is 1. The van der Waals surface area contributed by atoms with E-state index in [0.717, 1.165) is 24.1 Å². The second kappa shape index (κ2) is 8.91. The Bertz CT molecular complexity index is 762. The van der Waals surface area contributed by atoms with Crippen molar-refractivity contribution in [1.82, 2.24) is 4.90 Å². The van der Waals surface area contributed by atoms with Gasteiger partial charge in [-0.25, -0.2) is 0 Å². The van der Waals surface area contributed by atoms with E-state index in [2.05, 4.69) is 17.0 Å². The first-order chi connectivity index (χ1) is 13.2. The largest absolute Gasteiger partial charge is 0.490 e. The summed E-state index contributed by atoms with van der Waals surface area (Å²) in [6.07, 6.45) is 1.56. The molecule has 0 spiro atoms. The maximum Gasteiger partial charge on any atom is 0.320 e. The molecule has 1 saturated heterocycles. The smallest absolute Gasteiger partial charge is 0.320 e. The summed E-state index contributed by atoms with van der Waals surface area (Å²) in [6, 6.07) is 15.4. The molecule has 0 aliphatic carbocycles. The molecule has 5 nitrogen and oxygen atoms in total. The summed E-state index contributed by atoms with van der Waals surface area (Å²) < 4.78 is 11.5. The molecule has 1 aliphatic heterocycles. The summed E-state index contributed by atoms with van der Waals surface area (Å²) in [6.45, 7) is 5.75. The van der Waals surface area contributed by atoms with Crippen molar-refractivity contribution in [2.75, 3.05) is 19.8 Å². The molecule has 2 aromatic carbocycles. The van der Waals surface area contributed by atoms with Gasteiger partial charge in [0.05, 0.1) is 19.3 Å². The van der Waals surface area contributed by atoms with Gasteiger partial charge in [0.2, 0.25) is 0 Å². The molecule has 1 aliphatic rings. The van der Waals surface area contributed by atoms with Crippen molar-refractivity contribution in [2.24, 2.45) is 0 Å². The highest BCUT2D eigenvalue weighted by molar-refractivity contribution is 5.74. The normalized spacial score (nSPS) is 18.2. The van der Waals surface area contributed by atoms with E-state index in [-0.39, 0.29) is 6.04 Å². The van der Waals surface area contributed by atoms with Crippen LogP contribution in [0.3, 0.4) is 0 Å². The van der Waals surface area contributed by atoms with Crippen LogP contribution in [0.4, 0.5) is 0 Å². The van der Waals surface area contributed by atoms with Crippen LogP contribution >= 0.6 is 0 Å². The molecule has 2 aromatic rings. The summed E-state index contributed by atoms with van der Waals surface area (Å²) >= 11 is 0. The van der Waals surface area contributed by atoms with Gasteiger partial charge in [-0.15, -0.1) is 0 Å². The summed E-state index contributed by atoms with van der Waals surface area (Å²) in [5, 5.41) is 9.69. The minimum Gasteiger partial charge on any atom is -0.490 e. The number of nitrogens with zero attached hydrogens (tertiary/aromatic N) is 1. The molecule has 0 radical (unpaired) electrons. The number of rotatable bonds is 8. The molecule has 3 rings (SSSR count). The predicted molar refractivity (Wildman–Crippen MR) is 104 cm³/mol. The molecule has 1 N–H and O–H groups in total. The number of ether oxygens (including phenoxy) is 2. The topological polar surface area (TPSA) is 59.0 Å². The van der Waals surface area contributed by atoms with Crippen molar-refractivity contribution in [3.05, 3.63) is 59.7 Å². The number of aliphatic carboxylic acids is 1. The number of benzene rings is 2. The van der Waals surface area contributed by atoms with Crippen molar-refractivity contribution < 1.29 is 19.4 Å². The lowest BCUT2D eigenvalue weighted by Crippen LogP contribution is -2.39. The van der Waals surface area contributed by atoms with E-state index in [9.17, 15) is 9.90 Å². The Morgan fingerprint density at radius 2 is 1.78 bits per heavy atom. The van der Waals surface area contributed by atoms with Crippen molar-refractivity contribution in [3.63, 3.8) is 0 Å². The minimum atomic E-state index is -0.760. The molecule has 0 amide bonds. The van der Waals surface area contributed by atoms with Crippen LogP contribution in [0.25, 0.3) is 0 Å². The molecule has 0 saturated carbocycles. The number of carboxylic acids is 1. The predicted octanol–water partition coefficient (Wildman–Crippen LogP) is 4.12. The van der Waals surface area contributed by atoms with Gasteiger partial charge >= 0.3 is 5.97 Å². The summed E-state index contributed by atoms with van der Waals surface area (Å²) in [4.78, 5) is 13.9. The van der Waals surface area contributed by atoms with Crippen molar-refractivity contribution in [2.45, 2.75) is 38.8 Å². The summed E-state index contributed by atoms with van der Waals surface area (Å²) in [5.41, 5.74) is 2.10. The number of carboxylic acid groups (broad SMARTS) is 1. The van der Waals surface area contributed by atoms with Gasteiger partial charge in [0, 0.05) is 6.54 Å². The molecule has 2 atom stereocenters. The lowest BCUT2D eigenvalue weighted by molar-refractivity contribution is -0.142. The van der Waals surface area contributed by atoms with Gasteiger partial charge in [-0.2, -0.15) is 0 Å². The SMILES string of the molecule is CCOc1ccc(C(c2ccccc2)N2CCCC2C(=O)O)cc1OCC. The highest BCUT2D eigenvalue weighted by atomic mass is 16.5. The summed E-state index contributed by atoms with van der Waals surface area (Å²) in [7, 11) is 0. The Hall–Kier alpha value is -2.53. The number of carbonyl (C=O) groups is 1. The molecule has 1 fully saturated rings. The van der Waals surface area contributed by atoms with Gasteiger partial charge < -0.3 is 14.6 Å². The second-order valence-electron chi connectivity index (χ2n) is 6.62. The monoisotopic (exact) mass is 369 g/mol. The number of hydrogen-bond acceptors (Lipinski definition) is 4. The van der Waals surface area contributed by atoms with E-state index < -0.39 is 12.0 Å². The van der Waals surface area contributed by atoms with Crippen molar-refractivity contribution >= 4 is 5.97 Å². The average molecular weight is 369 g/mol. The molecule has 0 bridgehead atoms. The maximum absolute atomic E-state index is 11.8. The Morgan fingerprint density at radius 1 is 1.07 bits per heavy atom. The van der Waals surface area contributed by atoms with Gasteiger partial charge in [0.25, 0.3) is 0 Å². The lowest BCUT2D eigenvalue weighted by atomic mass is 9.96. The van der Waals surface area contributed by atoms with Crippen molar-refractivity contribution in [3.8, 4) is 11.5 Å². The Labute approximate surface area is 160 Å². The van der Waals surface area contributed by atoms with Gasteiger partial charge in [0.1, 0.15) is 6.04 Å². The van der Waals surface area contributed by atoms with E-state index in [1.165, 1.54) is 0 Å². The van der Waals surface area contributed by atoms with Crippen LogP contribution in [0.2, 0.25) is 0 Å². The molecule has 27 heavy (non-hydrogen) atoms. The highest BCUT2D eigenvalue weighted by Gasteiger charge is 2.37. The van der Waals surface area contributed by atoms with E-state index in [0.29, 0.717) is 31.1 Å². The average Bonchev–Trinajstić information content (AvgIpc) is 3.15. The Morgan fingerprint density at radius 3 is 2.44 bits per heavy atom. The molecule has 0 aromatic heterocycles. The fourth-order valence-electron chi connectivity index (χ4n) is 3.81. The van der Waals surface area contributed by atoms with Crippen LogP contribution in [0.1, 0.15) is 43.9 Å². The zero-order chi connectivity index (χ0) is 19.2. The summed E-state index contributed by atoms with van der Waals surface area (Å²) in [5.74, 6) is 0.652. The zero-order valence-corrected chi connectivity index (χ0v) is 15.9. The third kappa shape index (κ3) is 4.25. The minimum absolute atomic E-state index is 0.135. The van der Waals surface area contributed by atoms with Crippen LogP contribution in [0, 0.1) is 0 Å². The molecule has 1 heterocycles. The Balaban J connectivity index is 2.05. The molecule has 5 heteroatoms. The fourth-order valence-corrected chi connectivity index (χ4v) is 3.81. The third-order valence-electron chi connectivity index (χ3n) is 4.91. The zero-order valence-electron chi connectivity index (χ0n) is 15.9. The van der Waals surface area contributed by atoms with Crippen LogP contribution < -0.4 is 9.47 Å². The van der Waals surface area contributed by atoms with E-state index in [4.69, 9.17) is 9.47 Å². The van der Waals surface area contributed by atoms with Crippen LogP contribution in [0.5, 0.6) is 11.5 Å². The van der Waals surface area contributed by atoms with Crippen molar-refractivity contribution in [1.29, 1.82) is 0 Å². The molecular formula is C22H27NO4. The first-order valence-corrected chi connectivity index (χ1v) is 9.58. The quantitative estimate of drug-likeness (QED) is 0.758. The van der Waals surface area contributed by atoms with Crippen LogP contribution in [0.15, 0.2) is 48.5 Å². The van der Waals surface area contributed by atoms with E-state index >= 15 is 0 Å². The number of likely N-dealkylation sites (tertiary alicyclic amines) is 1. The van der Waals surface area contributed by atoms with Gasteiger partial charge in [-0.3, -0.25) is 9.69 Å². The fraction of sp³-hybridized carbons (Fsp3) is 0.409. The van der Waals surface area contributed by atoms with Gasteiger partial charge in [-0.05, 0) is 49.9 Å². The first-order valence-electron chi connectivity index (χ1n) is 9.58. The highest BCUT2D eigenvalue weighted by Crippen LogP contribution is 2.38. The van der Waals surface area contributed by atoms with Gasteiger partial charge in [0.15, 0.2) is 11.5 Å². The molecule has 144 valence electrons. The standard InChI is InChI=1S/C22H27NO4/c1-3-26-19-13-12-17(15-20(19)27-4-2)21(16-9-6-5-7-10-16)23-14-8-11-18(23)22(24)25/h5-7,9-10,12-13,15,18,21H,3-4,8,11,14H2,1-2H3,(H,24,25). The van der Waals surface area contributed by atoms with E-state index in [1.807, 2.05) is 50.2 Å². The lowest BCUT2D eigenvalue weighted by Gasteiger charge is -2.32. The maximum atomic E-state index is 11.8. The van der Waals surface area contributed by atoms with E-state index in [1.54, 1.807) is 0 Å². The first kappa shape index (κ1) is 19.2. The Kier molecular flexibility index (Phi) is 6.35. The van der Waals surface area contributed by atoms with Crippen LogP contribution in [-0.4, -0.2) is 41.8 Å². The second-order valence-corrected chi connectivity index (χ2v) is 6.62. The molecular weight excluding hydrogens is 342 g/mol.